The molecule has 35 heteroatoms. The van der Waals surface area contributed by atoms with Crippen molar-refractivity contribution in [3.63, 3.8) is 0 Å². The van der Waals surface area contributed by atoms with E-state index in [1.54, 1.807) is 109 Å². The minimum atomic E-state index is -0.713. The number of likely N-dealkylation sites (tertiary alicyclic amines) is 2. The zero-order valence-corrected chi connectivity index (χ0v) is 76.3. The SMILES string of the molecule is CC(=N)c1ccc(C(=O)Cc2ccc(Cl)cc2C(=O)Nc2ccc(Cl)cn2)c(F)c1.CN1CCN=C1c1ccc(C(=O)Cc2ccc(Cl)cc2C(=O)Nc2ccc(Cl)cn2)c(F)c1.N=C(c1ccc(C(=O)Cc2ccc(Cl)cc2C(=O)Nc2ccc(Cl)cn2)c(F)c1)N1CCCC1.N=C(c1ccc(C(=O)Cc2ccc(Cl)cc2C(=O)Nc2ccc(Cl)cn2)c(F)c1)N1CCCCC1. The molecule has 674 valence electrons. The predicted molar refractivity (Wildman–Crippen MR) is 509 cm³/mol. The normalized spacial score (nSPS) is 12.6. The Kier molecular flexibility index (Phi) is 34.0. The summed E-state index contributed by atoms with van der Waals surface area (Å²) in [5.74, 6) is -4.32. The molecule has 15 rings (SSSR count). The van der Waals surface area contributed by atoms with Gasteiger partial charge in [-0.3, -0.25) is 54.2 Å². The highest BCUT2D eigenvalue weighted by Crippen LogP contribution is 2.30. The van der Waals surface area contributed by atoms with E-state index >= 15 is 0 Å². The third-order valence-corrected chi connectivity index (χ3v) is 22.9. The largest absolute Gasteiger partial charge is 0.358 e. The summed E-state index contributed by atoms with van der Waals surface area (Å²) < 4.78 is 58.9. The molecule has 4 amide bonds. The fourth-order valence-electron chi connectivity index (χ4n) is 14.2. The summed E-state index contributed by atoms with van der Waals surface area (Å²) in [5.41, 5.74) is 4.06. The van der Waals surface area contributed by atoms with Crippen LogP contribution in [0.15, 0.2) is 224 Å². The van der Waals surface area contributed by atoms with Gasteiger partial charge in [0.2, 0.25) is 0 Å². The molecule has 2 saturated heterocycles. The summed E-state index contributed by atoms with van der Waals surface area (Å²) in [7, 11) is 1.88. The molecule has 0 bridgehead atoms. The van der Waals surface area contributed by atoms with Crippen molar-refractivity contribution in [3.8, 4) is 0 Å². The third-order valence-electron chi connectivity index (χ3n) is 21.0. The molecule has 4 aromatic heterocycles. The van der Waals surface area contributed by atoms with Crippen molar-refractivity contribution >= 4 is 186 Å². The fraction of sp³-hybridized carbons (Fsp3) is 0.175. The second kappa shape index (κ2) is 45.7. The number of likely N-dealkylation sites (N-methyl/N-ethyl adjacent to an activating group) is 1. The minimum Gasteiger partial charge on any atom is -0.358 e. The summed E-state index contributed by atoms with van der Waals surface area (Å²) in [6, 6.07) is 47.8. The Morgan fingerprint density at radius 2 is 0.598 bits per heavy atom. The maximum Gasteiger partial charge on any atom is 0.257 e. The van der Waals surface area contributed by atoms with Crippen LogP contribution in [0.1, 0.15) is 166 Å². The lowest BCUT2D eigenvalue weighted by Gasteiger charge is -2.29. The first-order valence-corrected chi connectivity index (χ1v) is 43.9. The molecule has 23 nitrogen and oxygen atoms in total. The Morgan fingerprint density at radius 3 is 0.864 bits per heavy atom. The first kappa shape index (κ1) is 98.1. The summed E-state index contributed by atoms with van der Waals surface area (Å²) in [6.07, 6.45) is 9.97. The maximum atomic E-state index is 14.9. The molecular formula is C97H79Cl8F4N15O8. The quantitative estimate of drug-likeness (QED) is 0.0128. The van der Waals surface area contributed by atoms with Crippen molar-refractivity contribution in [1.82, 2.24) is 34.6 Å². The highest BCUT2D eigenvalue weighted by Gasteiger charge is 2.28. The number of aliphatic imine (C=N–C) groups is 1. The fourth-order valence-corrected chi connectivity index (χ4v) is 15.3. The molecule has 0 atom stereocenters. The average Bonchev–Trinajstić information content (AvgIpc) is 1.12. The molecule has 7 N–H and O–H groups in total. The van der Waals surface area contributed by atoms with Crippen LogP contribution in [0.5, 0.6) is 0 Å². The Bertz CT molecular complexity index is 6490. The topological polar surface area (TPSA) is 330 Å². The number of hydrogen-bond donors (Lipinski definition) is 7. The number of ketones is 4. The van der Waals surface area contributed by atoms with Gasteiger partial charge in [0.25, 0.3) is 23.6 Å². The molecule has 0 unspecified atom stereocenters. The van der Waals surface area contributed by atoms with Crippen LogP contribution in [-0.4, -0.2) is 151 Å². The molecule has 12 aromatic rings. The van der Waals surface area contributed by atoms with Gasteiger partial charge < -0.3 is 41.4 Å². The van der Waals surface area contributed by atoms with Crippen LogP contribution in [0.4, 0.5) is 40.8 Å². The van der Waals surface area contributed by atoms with Gasteiger partial charge in [-0.2, -0.15) is 0 Å². The second-order valence-corrected chi connectivity index (χ2v) is 33.8. The van der Waals surface area contributed by atoms with Gasteiger partial charge in [-0.15, -0.1) is 0 Å². The van der Waals surface area contributed by atoms with Gasteiger partial charge in [0.05, 0.1) is 48.9 Å². The van der Waals surface area contributed by atoms with Gasteiger partial charge in [0, 0.05) is 155 Å². The molecule has 0 radical (unpaired) electrons. The van der Waals surface area contributed by atoms with Crippen molar-refractivity contribution in [2.75, 3.05) is 67.6 Å². The number of pyridine rings is 4. The summed E-state index contributed by atoms with van der Waals surface area (Å²) >= 11 is 47.6. The number of Topliss-reactive ketones (excluding diaryl/α,β-unsaturated/α-hetero) is 4. The number of benzene rings is 8. The molecule has 7 heterocycles. The molecule has 0 spiro atoms. The molecule has 8 aromatic carbocycles. The van der Waals surface area contributed by atoms with Gasteiger partial charge in [0.1, 0.15) is 64.0 Å². The lowest BCUT2D eigenvalue weighted by molar-refractivity contribution is 0.0976. The molecular weight excluding hydrogens is 1860 g/mol. The predicted octanol–water partition coefficient (Wildman–Crippen LogP) is 22.1. The van der Waals surface area contributed by atoms with Gasteiger partial charge in [0.15, 0.2) is 23.1 Å². The van der Waals surface area contributed by atoms with Crippen LogP contribution in [0.25, 0.3) is 0 Å². The van der Waals surface area contributed by atoms with Crippen molar-refractivity contribution in [2.45, 2.75) is 64.7 Å². The Labute approximate surface area is 795 Å². The Hall–Kier alpha value is -13.0. The molecule has 132 heavy (non-hydrogen) atoms. The van der Waals surface area contributed by atoms with E-state index in [0.29, 0.717) is 103 Å². The van der Waals surface area contributed by atoms with E-state index in [1.165, 1.54) is 111 Å². The Morgan fingerprint density at radius 1 is 0.326 bits per heavy atom. The number of hydrogen-bond acceptors (Lipinski definition) is 17. The monoisotopic (exact) mass is 1940 g/mol. The molecule has 2 fully saturated rings. The zero-order valence-electron chi connectivity index (χ0n) is 70.3. The lowest BCUT2D eigenvalue weighted by atomic mass is 9.97. The number of rotatable bonds is 24. The smallest absolute Gasteiger partial charge is 0.257 e. The van der Waals surface area contributed by atoms with E-state index in [9.17, 15) is 55.9 Å². The van der Waals surface area contributed by atoms with E-state index in [2.05, 4.69) is 46.2 Å². The van der Waals surface area contributed by atoms with Crippen molar-refractivity contribution < 1.29 is 55.9 Å². The molecule has 3 aliphatic rings. The number of aromatic nitrogens is 4. The Balaban J connectivity index is 0.000000159. The van der Waals surface area contributed by atoms with Gasteiger partial charge in [-0.1, -0.05) is 141 Å². The minimum absolute atomic E-state index is 0.0549. The maximum absolute atomic E-state index is 14.9. The van der Waals surface area contributed by atoms with Gasteiger partial charge in [-0.25, -0.2) is 37.5 Å². The van der Waals surface area contributed by atoms with Crippen LogP contribution in [0.3, 0.4) is 0 Å². The lowest BCUT2D eigenvalue weighted by Crippen LogP contribution is -2.35. The first-order chi connectivity index (χ1) is 63.2. The highest BCUT2D eigenvalue weighted by molar-refractivity contribution is 6.34. The number of amides is 4. The van der Waals surface area contributed by atoms with Crippen LogP contribution in [0, 0.1) is 39.5 Å². The average molecular weight is 1940 g/mol. The first-order valence-electron chi connectivity index (χ1n) is 40.8. The van der Waals surface area contributed by atoms with Gasteiger partial charge >= 0.3 is 0 Å². The van der Waals surface area contributed by atoms with Crippen LogP contribution in [-0.2, 0) is 25.7 Å². The third kappa shape index (κ3) is 26.5. The van der Waals surface area contributed by atoms with E-state index in [-0.39, 0.29) is 105 Å². The summed E-state index contributed by atoms with van der Waals surface area (Å²) in [5, 5.41) is 37.8. The number of amidine groups is 3. The van der Waals surface area contributed by atoms with Crippen molar-refractivity contribution in [1.29, 1.82) is 16.2 Å². The second-order valence-electron chi connectivity index (χ2n) is 30.3. The number of piperidine rings is 1. The number of halogens is 12. The van der Waals surface area contributed by atoms with Crippen LogP contribution < -0.4 is 21.3 Å². The van der Waals surface area contributed by atoms with Crippen LogP contribution >= 0.6 is 92.8 Å². The standard InChI is InChI=1S/C26H23Cl2FN4O2.C25H21Cl2FN4O2.C24H19Cl2FN4O2.C22H16Cl2FN3O2/c27-18-6-4-16(21(14-18)26(35)32-24-9-7-19(28)15-31-24)13-23(34)20-8-5-17(12-22(20)29)25(30)33-10-2-1-3-11-33;26-17-5-3-15(20(13-17)25(34)31-23-8-6-18(27)14-30-23)12-22(33)19-7-4-16(11-21(19)28)24(29)32-9-1-2-10-32;1-31-9-8-28-23(31)15-3-6-18(20(27)10-15)21(32)11-14-2-4-16(25)12-19(14)24(33)30-22-7-5-17(26)13-29-22;1-12(26)13-3-6-17(19(25)8-13)20(29)9-14-2-4-15(23)10-18(14)22(30)28-21-7-5-16(24)11-27-21/h4-9,12,14-15,30H,1-3,10-11,13H2,(H,31,32,35);3-8,11,13-14,29H,1-2,9-10,12H2,(H,30,31,34);2-7,10,12-13H,8-9,11H2,1H3,(H,29,30,33);2-8,10-11,26H,9H2,1H3,(H,27,28,30). The molecule has 0 saturated carbocycles. The van der Waals surface area contributed by atoms with Gasteiger partial charge in [-0.05, 0) is 212 Å². The van der Waals surface area contributed by atoms with Crippen molar-refractivity contribution in [2.24, 2.45) is 4.99 Å². The van der Waals surface area contributed by atoms with E-state index in [4.69, 9.17) is 109 Å². The molecule has 0 aliphatic carbocycles. The number of carbonyl (C=O) groups is 8. The zero-order chi connectivity index (χ0) is 94.6. The summed E-state index contributed by atoms with van der Waals surface area (Å²) in [4.78, 5) is 129. The molecule has 3 aliphatic heterocycles. The van der Waals surface area contributed by atoms with Crippen LogP contribution in [0.2, 0.25) is 40.2 Å². The van der Waals surface area contributed by atoms with Crippen molar-refractivity contribution in [3.05, 3.63) is 371 Å². The van der Waals surface area contributed by atoms with E-state index in [1.807, 2.05) is 21.7 Å². The number of nitrogens with one attached hydrogen (secondary N) is 7. The van der Waals surface area contributed by atoms with E-state index in [0.717, 1.165) is 70.9 Å². The highest BCUT2D eigenvalue weighted by atomic mass is 35.5. The summed E-state index contributed by atoms with van der Waals surface area (Å²) in [6.45, 7) is 6.04. The van der Waals surface area contributed by atoms with E-state index < -0.39 is 70.0 Å². The number of carbonyl (C=O) groups excluding carboxylic acids is 8. The number of nitrogens with zero attached hydrogens (tertiary/aromatic N) is 8. The number of anilines is 4.